The zero-order valence-electron chi connectivity index (χ0n) is 12.9. The quantitative estimate of drug-likeness (QED) is 0.811. The molecule has 0 spiro atoms. The summed E-state index contributed by atoms with van der Waals surface area (Å²) in [7, 11) is 4.01. The molecule has 1 aromatic heterocycles. The molecular formula is C16H20ClN3OS. The van der Waals surface area contributed by atoms with Crippen molar-refractivity contribution in [2.75, 3.05) is 26.0 Å². The van der Waals surface area contributed by atoms with Gasteiger partial charge in [-0.05, 0) is 63.1 Å². The van der Waals surface area contributed by atoms with Crippen LogP contribution < -0.4 is 10.6 Å². The van der Waals surface area contributed by atoms with Crippen molar-refractivity contribution < 1.29 is 4.42 Å². The van der Waals surface area contributed by atoms with Gasteiger partial charge in [0.2, 0.25) is 0 Å². The Morgan fingerprint density at radius 2 is 2.14 bits per heavy atom. The van der Waals surface area contributed by atoms with E-state index in [9.17, 15) is 0 Å². The number of hydrogen-bond acceptors (Lipinski definition) is 3. The maximum absolute atomic E-state index is 6.11. The van der Waals surface area contributed by atoms with E-state index in [0.717, 1.165) is 22.0 Å². The minimum absolute atomic E-state index is 0.108. The molecule has 0 aliphatic rings. The molecule has 0 aliphatic heterocycles. The molecule has 0 aliphatic carbocycles. The van der Waals surface area contributed by atoms with Gasteiger partial charge in [0.05, 0.1) is 12.3 Å². The first-order valence-corrected chi connectivity index (χ1v) is 7.77. The zero-order valence-corrected chi connectivity index (χ0v) is 14.5. The molecule has 0 amide bonds. The summed E-state index contributed by atoms with van der Waals surface area (Å²) in [5.74, 6) is 0.902. The SMILES string of the molecule is Cc1ccc(NC(=S)NC[C@H](c2ccco2)N(C)C)cc1Cl. The maximum atomic E-state index is 6.11. The Kier molecular flexibility index (Phi) is 5.83. The van der Waals surface area contributed by atoms with Crippen molar-refractivity contribution in [1.29, 1.82) is 0 Å². The molecular weight excluding hydrogens is 318 g/mol. The maximum Gasteiger partial charge on any atom is 0.170 e. The highest BCUT2D eigenvalue weighted by Crippen LogP contribution is 2.20. The van der Waals surface area contributed by atoms with Gasteiger partial charge >= 0.3 is 0 Å². The lowest BCUT2D eigenvalue weighted by molar-refractivity contribution is 0.259. The van der Waals surface area contributed by atoms with Crippen molar-refractivity contribution in [3.63, 3.8) is 0 Å². The highest BCUT2D eigenvalue weighted by molar-refractivity contribution is 7.80. The van der Waals surface area contributed by atoms with Gasteiger partial charge in [0.25, 0.3) is 0 Å². The number of thiocarbonyl (C=S) groups is 1. The molecule has 0 unspecified atom stereocenters. The van der Waals surface area contributed by atoms with Crippen molar-refractivity contribution in [3.05, 3.63) is 52.9 Å². The van der Waals surface area contributed by atoms with Crippen LogP contribution in [0.1, 0.15) is 17.4 Å². The molecule has 6 heteroatoms. The fourth-order valence-electron chi connectivity index (χ4n) is 2.05. The number of nitrogens with one attached hydrogen (secondary N) is 2. The van der Waals surface area contributed by atoms with Crippen LogP contribution >= 0.6 is 23.8 Å². The number of likely N-dealkylation sites (N-methyl/N-ethyl adjacent to an activating group) is 1. The Balaban J connectivity index is 1.92. The second kappa shape index (κ2) is 7.63. The van der Waals surface area contributed by atoms with Crippen LogP contribution in [0.3, 0.4) is 0 Å². The van der Waals surface area contributed by atoms with Crippen molar-refractivity contribution >= 4 is 34.6 Å². The Morgan fingerprint density at radius 1 is 1.36 bits per heavy atom. The van der Waals surface area contributed by atoms with E-state index in [4.69, 9.17) is 28.2 Å². The summed E-state index contributed by atoms with van der Waals surface area (Å²) < 4.78 is 5.47. The third-order valence-corrected chi connectivity index (χ3v) is 4.03. The van der Waals surface area contributed by atoms with Gasteiger partial charge in [0, 0.05) is 17.3 Å². The van der Waals surface area contributed by atoms with E-state index in [1.807, 2.05) is 51.4 Å². The molecule has 2 N–H and O–H groups in total. The Morgan fingerprint density at radius 3 is 2.73 bits per heavy atom. The molecule has 1 heterocycles. The van der Waals surface area contributed by atoms with E-state index in [1.165, 1.54) is 0 Å². The van der Waals surface area contributed by atoms with E-state index >= 15 is 0 Å². The van der Waals surface area contributed by atoms with Crippen LogP contribution in [0, 0.1) is 6.92 Å². The first-order chi connectivity index (χ1) is 10.5. The molecule has 2 aromatic rings. The summed E-state index contributed by atoms with van der Waals surface area (Å²) >= 11 is 11.4. The fraction of sp³-hybridized carbons (Fsp3) is 0.312. The van der Waals surface area contributed by atoms with Crippen molar-refractivity contribution in [2.45, 2.75) is 13.0 Å². The van der Waals surface area contributed by atoms with Crippen molar-refractivity contribution in [3.8, 4) is 0 Å². The molecule has 1 atom stereocenters. The summed E-state index contributed by atoms with van der Waals surface area (Å²) in [6, 6.07) is 9.72. The van der Waals surface area contributed by atoms with Crippen LogP contribution in [0.15, 0.2) is 41.0 Å². The lowest BCUT2D eigenvalue weighted by atomic mass is 10.2. The summed E-state index contributed by atoms with van der Waals surface area (Å²) in [4.78, 5) is 2.08. The van der Waals surface area contributed by atoms with Gasteiger partial charge in [-0.2, -0.15) is 0 Å². The van der Waals surface area contributed by atoms with Crippen LogP contribution in [0.2, 0.25) is 5.02 Å². The van der Waals surface area contributed by atoms with Crippen LogP contribution in [0.25, 0.3) is 0 Å². The van der Waals surface area contributed by atoms with Gasteiger partial charge < -0.3 is 15.1 Å². The number of furan rings is 1. The van der Waals surface area contributed by atoms with Gasteiger partial charge in [-0.3, -0.25) is 4.90 Å². The molecule has 0 radical (unpaired) electrons. The summed E-state index contributed by atoms with van der Waals surface area (Å²) in [6.45, 7) is 2.61. The van der Waals surface area contributed by atoms with Gasteiger partial charge in [-0.15, -0.1) is 0 Å². The monoisotopic (exact) mass is 337 g/mol. The molecule has 0 saturated heterocycles. The molecule has 118 valence electrons. The van der Waals surface area contributed by atoms with Gasteiger partial charge in [-0.25, -0.2) is 0 Å². The minimum atomic E-state index is 0.108. The minimum Gasteiger partial charge on any atom is -0.468 e. The molecule has 0 saturated carbocycles. The highest BCUT2D eigenvalue weighted by Gasteiger charge is 2.17. The molecule has 2 rings (SSSR count). The average molecular weight is 338 g/mol. The zero-order chi connectivity index (χ0) is 16.1. The van der Waals surface area contributed by atoms with Crippen LogP contribution in [0.4, 0.5) is 5.69 Å². The Labute approximate surface area is 141 Å². The number of anilines is 1. The van der Waals surface area contributed by atoms with E-state index in [1.54, 1.807) is 6.26 Å². The second-order valence-electron chi connectivity index (χ2n) is 5.29. The van der Waals surface area contributed by atoms with Crippen molar-refractivity contribution in [2.24, 2.45) is 0 Å². The largest absolute Gasteiger partial charge is 0.468 e. The molecule has 4 nitrogen and oxygen atoms in total. The highest BCUT2D eigenvalue weighted by atomic mass is 35.5. The van der Waals surface area contributed by atoms with E-state index in [0.29, 0.717) is 11.7 Å². The number of benzene rings is 1. The number of halogens is 1. The van der Waals surface area contributed by atoms with E-state index in [2.05, 4.69) is 15.5 Å². The topological polar surface area (TPSA) is 40.4 Å². The lowest BCUT2D eigenvalue weighted by Crippen LogP contribution is -2.36. The summed E-state index contributed by atoms with van der Waals surface area (Å²) in [5, 5.41) is 7.62. The number of aryl methyl sites for hydroxylation is 1. The van der Waals surface area contributed by atoms with Gasteiger partial charge in [0.15, 0.2) is 5.11 Å². The first-order valence-electron chi connectivity index (χ1n) is 6.98. The normalized spacial score (nSPS) is 12.2. The predicted molar refractivity (Wildman–Crippen MR) is 95.5 cm³/mol. The van der Waals surface area contributed by atoms with Crippen LogP contribution in [-0.4, -0.2) is 30.7 Å². The number of nitrogens with zero attached hydrogens (tertiary/aromatic N) is 1. The molecule has 0 bridgehead atoms. The van der Waals surface area contributed by atoms with Crippen LogP contribution in [0.5, 0.6) is 0 Å². The summed E-state index contributed by atoms with van der Waals surface area (Å²) in [6.07, 6.45) is 1.68. The number of rotatable bonds is 5. The van der Waals surface area contributed by atoms with Crippen LogP contribution in [-0.2, 0) is 0 Å². The standard InChI is InChI=1S/C16H20ClN3OS/c1-11-6-7-12(9-13(11)17)19-16(22)18-10-14(20(2)3)15-5-4-8-21-15/h4-9,14H,10H2,1-3H3,(H2,18,19,22)/t14-/m1/s1. The average Bonchev–Trinajstić information content (AvgIpc) is 2.97. The fourth-order valence-corrected chi connectivity index (χ4v) is 2.44. The first kappa shape index (κ1) is 16.8. The Hall–Kier alpha value is -1.56. The predicted octanol–water partition coefficient (Wildman–Crippen LogP) is 3.83. The second-order valence-corrected chi connectivity index (χ2v) is 6.11. The van der Waals surface area contributed by atoms with E-state index in [-0.39, 0.29) is 6.04 Å². The van der Waals surface area contributed by atoms with Gasteiger partial charge in [0.1, 0.15) is 5.76 Å². The Bertz CT molecular complexity index is 628. The third-order valence-electron chi connectivity index (χ3n) is 3.38. The van der Waals surface area contributed by atoms with Crippen molar-refractivity contribution in [1.82, 2.24) is 10.2 Å². The van der Waals surface area contributed by atoms with E-state index < -0.39 is 0 Å². The van der Waals surface area contributed by atoms with Gasteiger partial charge in [-0.1, -0.05) is 17.7 Å². The molecule has 22 heavy (non-hydrogen) atoms. The smallest absolute Gasteiger partial charge is 0.170 e. The molecule has 1 aromatic carbocycles. The summed E-state index contributed by atoms with van der Waals surface area (Å²) in [5.41, 5.74) is 1.91. The molecule has 0 fully saturated rings. The lowest BCUT2D eigenvalue weighted by Gasteiger charge is -2.23. The third kappa shape index (κ3) is 4.47. The number of hydrogen-bond donors (Lipinski definition) is 2.